The first-order valence-electron chi connectivity index (χ1n) is 10.7. The first-order valence-corrected chi connectivity index (χ1v) is 10.7. The molecular formula is C27H22F3NO4. The maximum absolute atomic E-state index is 13.2. The minimum atomic E-state index is -4.55. The highest BCUT2D eigenvalue weighted by molar-refractivity contribution is 6.51. The molecule has 1 aliphatic heterocycles. The Morgan fingerprint density at radius 3 is 2.17 bits per heavy atom. The number of hydrogen-bond acceptors (Lipinski definition) is 4. The molecule has 1 N–H and O–H groups in total. The highest BCUT2D eigenvalue weighted by Gasteiger charge is 2.47. The Morgan fingerprint density at radius 1 is 0.943 bits per heavy atom. The van der Waals surface area contributed by atoms with Gasteiger partial charge in [0.2, 0.25) is 0 Å². The number of aryl methyl sites for hydroxylation is 2. The summed E-state index contributed by atoms with van der Waals surface area (Å²) >= 11 is 0. The van der Waals surface area contributed by atoms with Crippen LogP contribution in [0.3, 0.4) is 0 Å². The first kappa shape index (κ1) is 24.1. The summed E-state index contributed by atoms with van der Waals surface area (Å²) in [5.74, 6) is -1.68. The Morgan fingerprint density at radius 2 is 1.60 bits per heavy atom. The summed E-state index contributed by atoms with van der Waals surface area (Å²) in [5.41, 5.74) is 1.37. The summed E-state index contributed by atoms with van der Waals surface area (Å²) in [6.07, 6.45) is -4.55. The molecule has 8 heteroatoms. The number of carbonyl (C=O) groups is 2. The van der Waals surface area contributed by atoms with Crippen molar-refractivity contribution in [3.63, 3.8) is 0 Å². The topological polar surface area (TPSA) is 66.8 Å². The molecule has 1 aliphatic rings. The largest absolute Gasteiger partial charge is 0.507 e. The standard InChI is InChI=1S/C27H22F3NO4/c1-15-6-4-5-7-20(15)23-22(24(32)21-13-12-19(35-3)14-16(21)2)25(33)26(34)31(23)18-10-8-17(9-11-18)27(28,29)30/h4-14,23,32H,1-3H3/b24-22+. The van der Waals surface area contributed by atoms with E-state index in [1.165, 1.54) is 7.11 Å². The molecule has 0 aromatic heterocycles. The second-order valence-corrected chi connectivity index (χ2v) is 8.25. The highest BCUT2D eigenvalue weighted by atomic mass is 19.4. The van der Waals surface area contributed by atoms with Gasteiger partial charge in [-0.15, -0.1) is 0 Å². The first-order chi connectivity index (χ1) is 16.5. The lowest BCUT2D eigenvalue weighted by Gasteiger charge is -2.27. The Kier molecular flexibility index (Phi) is 6.15. The second-order valence-electron chi connectivity index (χ2n) is 8.25. The van der Waals surface area contributed by atoms with E-state index < -0.39 is 29.5 Å². The monoisotopic (exact) mass is 481 g/mol. The molecule has 1 atom stereocenters. The van der Waals surface area contributed by atoms with Gasteiger partial charge in [-0.1, -0.05) is 24.3 Å². The number of halogens is 3. The number of alkyl halides is 3. The summed E-state index contributed by atoms with van der Waals surface area (Å²) in [6, 6.07) is 14.9. The van der Waals surface area contributed by atoms with Crippen molar-refractivity contribution in [2.24, 2.45) is 0 Å². The number of rotatable bonds is 4. The Labute approximate surface area is 200 Å². The fourth-order valence-corrected chi connectivity index (χ4v) is 4.27. The number of nitrogens with zero attached hydrogens (tertiary/aromatic N) is 1. The second kappa shape index (κ2) is 8.94. The van der Waals surface area contributed by atoms with Crippen molar-refractivity contribution < 1.29 is 32.6 Å². The van der Waals surface area contributed by atoms with E-state index in [9.17, 15) is 27.9 Å². The number of hydrogen-bond donors (Lipinski definition) is 1. The van der Waals surface area contributed by atoms with Crippen LogP contribution in [0.2, 0.25) is 0 Å². The van der Waals surface area contributed by atoms with Crippen molar-refractivity contribution >= 4 is 23.1 Å². The third kappa shape index (κ3) is 4.27. The molecule has 1 amide bonds. The zero-order valence-electron chi connectivity index (χ0n) is 19.2. The molecule has 1 fully saturated rings. The van der Waals surface area contributed by atoms with Crippen LogP contribution in [0, 0.1) is 13.8 Å². The average Bonchev–Trinajstić information content (AvgIpc) is 3.08. The van der Waals surface area contributed by atoms with Gasteiger partial charge in [-0.3, -0.25) is 14.5 Å². The van der Waals surface area contributed by atoms with Crippen LogP contribution in [0.5, 0.6) is 5.75 Å². The number of aliphatic hydroxyl groups is 1. The molecule has 0 saturated carbocycles. The van der Waals surface area contributed by atoms with Crippen LogP contribution >= 0.6 is 0 Å². The normalized spacial score (nSPS) is 17.7. The Balaban J connectivity index is 1.93. The molecule has 0 bridgehead atoms. The molecule has 180 valence electrons. The van der Waals surface area contributed by atoms with Gasteiger partial charge in [0.25, 0.3) is 11.7 Å². The van der Waals surface area contributed by atoms with Crippen LogP contribution in [0.4, 0.5) is 18.9 Å². The molecule has 0 radical (unpaired) electrons. The molecule has 1 heterocycles. The molecule has 3 aromatic carbocycles. The van der Waals surface area contributed by atoms with Crippen molar-refractivity contribution in [3.05, 3.63) is 100 Å². The fourth-order valence-electron chi connectivity index (χ4n) is 4.27. The minimum absolute atomic E-state index is 0.110. The maximum atomic E-state index is 13.2. The predicted molar refractivity (Wildman–Crippen MR) is 125 cm³/mol. The van der Waals surface area contributed by atoms with Crippen LogP contribution in [0.1, 0.15) is 33.9 Å². The SMILES string of the molecule is COc1ccc(/C(O)=C2\C(=O)C(=O)N(c3ccc(C(F)(F)F)cc3)C2c2ccccc2C)c(C)c1. The smallest absolute Gasteiger partial charge is 0.416 e. The van der Waals surface area contributed by atoms with Crippen LogP contribution in [0.15, 0.2) is 72.3 Å². The van der Waals surface area contributed by atoms with Crippen molar-refractivity contribution in [2.75, 3.05) is 12.0 Å². The van der Waals surface area contributed by atoms with E-state index >= 15 is 0 Å². The van der Waals surface area contributed by atoms with E-state index in [4.69, 9.17) is 4.74 Å². The molecule has 4 rings (SSSR count). The summed E-state index contributed by atoms with van der Waals surface area (Å²) in [4.78, 5) is 27.6. The number of aliphatic hydroxyl groups excluding tert-OH is 1. The molecule has 1 saturated heterocycles. The summed E-state index contributed by atoms with van der Waals surface area (Å²) in [7, 11) is 1.50. The summed E-state index contributed by atoms with van der Waals surface area (Å²) in [6.45, 7) is 3.52. The zero-order chi connectivity index (χ0) is 25.5. The van der Waals surface area contributed by atoms with Crippen LogP contribution < -0.4 is 9.64 Å². The number of carbonyl (C=O) groups excluding carboxylic acids is 2. The van der Waals surface area contributed by atoms with E-state index in [1.54, 1.807) is 56.3 Å². The molecular weight excluding hydrogens is 459 g/mol. The number of benzene rings is 3. The van der Waals surface area contributed by atoms with Gasteiger partial charge in [-0.25, -0.2) is 0 Å². The number of amides is 1. The lowest BCUT2D eigenvalue weighted by molar-refractivity contribution is -0.137. The van der Waals surface area contributed by atoms with Crippen molar-refractivity contribution in [1.29, 1.82) is 0 Å². The lowest BCUT2D eigenvalue weighted by Crippen LogP contribution is -2.29. The molecule has 0 aliphatic carbocycles. The van der Waals surface area contributed by atoms with Crippen LogP contribution in [-0.4, -0.2) is 23.9 Å². The van der Waals surface area contributed by atoms with Gasteiger partial charge in [-0.2, -0.15) is 13.2 Å². The predicted octanol–water partition coefficient (Wildman–Crippen LogP) is 5.96. The molecule has 1 unspecified atom stereocenters. The van der Waals surface area contributed by atoms with E-state index in [0.29, 0.717) is 22.4 Å². The molecule has 5 nitrogen and oxygen atoms in total. The Hall–Kier alpha value is -4.07. The van der Waals surface area contributed by atoms with Crippen LogP contribution in [-0.2, 0) is 15.8 Å². The van der Waals surface area contributed by atoms with Gasteiger partial charge >= 0.3 is 6.18 Å². The van der Waals surface area contributed by atoms with E-state index in [2.05, 4.69) is 0 Å². The van der Waals surface area contributed by atoms with Crippen molar-refractivity contribution in [3.8, 4) is 5.75 Å². The van der Waals surface area contributed by atoms with Gasteiger partial charge in [0.15, 0.2) is 0 Å². The van der Waals surface area contributed by atoms with Crippen LogP contribution in [0.25, 0.3) is 5.76 Å². The maximum Gasteiger partial charge on any atom is 0.416 e. The zero-order valence-corrected chi connectivity index (χ0v) is 19.2. The number of methoxy groups -OCH3 is 1. The third-order valence-electron chi connectivity index (χ3n) is 6.09. The van der Waals surface area contributed by atoms with Crippen molar-refractivity contribution in [2.45, 2.75) is 26.1 Å². The minimum Gasteiger partial charge on any atom is -0.507 e. The average molecular weight is 481 g/mol. The Bertz CT molecular complexity index is 1340. The number of ketones is 1. The number of anilines is 1. The van der Waals surface area contributed by atoms with Gasteiger partial charge < -0.3 is 9.84 Å². The van der Waals surface area contributed by atoms with Gasteiger partial charge in [-0.05, 0) is 73.0 Å². The molecule has 0 spiro atoms. The lowest BCUT2D eigenvalue weighted by atomic mass is 9.91. The fraction of sp³-hybridized carbons (Fsp3) is 0.185. The van der Waals surface area contributed by atoms with Gasteiger partial charge in [0.1, 0.15) is 11.5 Å². The van der Waals surface area contributed by atoms with Gasteiger partial charge in [0.05, 0.1) is 24.3 Å². The van der Waals surface area contributed by atoms with E-state index in [0.717, 1.165) is 34.7 Å². The molecule has 35 heavy (non-hydrogen) atoms. The summed E-state index contributed by atoms with van der Waals surface area (Å²) < 4.78 is 44.5. The summed E-state index contributed by atoms with van der Waals surface area (Å²) in [5, 5.41) is 11.3. The highest BCUT2D eigenvalue weighted by Crippen LogP contribution is 2.44. The third-order valence-corrected chi connectivity index (χ3v) is 6.09. The molecule has 3 aromatic rings. The number of Topliss-reactive ketones (excluding diaryl/α,β-unsaturated/α-hetero) is 1. The quantitative estimate of drug-likeness (QED) is 0.284. The van der Waals surface area contributed by atoms with E-state index in [-0.39, 0.29) is 17.0 Å². The van der Waals surface area contributed by atoms with E-state index in [1.807, 2.05) is 0 Å². The van der Waals surface area contributed by atoms with Gasteiger partial charge in [0, 0.05) is 11.3 Å². The number of ether oxygens (including phenoxy) is 1. The van der Waals surface area contributed by atoms with Crippen molar-refractivity contribution in [1.82, 2.24) is 0 Å².